The summed E-state index contributed by atoms with van der Waals surface area (Å²) in [6.45, 7) is 0. The molecular weight excluding hydrogens is 204 g/mol. The minimum Gasteiger partial charge on any atom is -0.477 e. The highest BCUT2D eigenvalue weighted by atomic mass is 32.1. The van der Waals surface area contributed by atoms with Crippen LogP contribution in [-0.2, 0) is 0 Å². The summed E-state index contributed by atoms with van der Waals surface area (Å²) >= 11 is 1.45. The van der Waals surface area contributed by atoms with Crippen molar-refractivity contribution in [3.63, 3.8) is 0 Å². The summed E-state index contributed by atoms with van der Waals surface area (Å²) in [6.07, 6.45) is 0. The molecule has 2 aromatic rings. The molecule has 0 aliphatic heterocycles. The number of hydrogen-bond acceptors (Lipinski definition) is 5. The Hall–Kier alpha value is -1.82. The van der Waals surface area contributed by atoms with Crippen molar-refractivity contribution in [1.29, 1.82) is 0 Å². The van der Waals surface area contributed by atoms with Gasteiger partial charge in [-0.15, -0.1) is 0 Å². The fraction of sp³-hybridized carbons (Fsp3) is 0. The second-order valence-corrected chi connectivity index (χ2v) is 3.37. The van der Waals surface area contributed by atoms with Crippen molar-refractivity contribution >= 4 is 23.2 Å². The number of aromatic carboxylic acids is 1. The van der Waals surface area contributed by atoms with Crippen LogP contribution in [0.4, 0.5) is 5.88 Å². The van der Waals surface area contributed by atoms with Crippen LogP contribution in [0.25, 0.3) is 11.3 Å². The van der Waals surface area contributed by atoms with E-state index in [1.165, 1.54) is 11.3 Å². The molecular formula is C8H6N2O3S. The molecule has 0 aliphatic rings. The summed E-state index contributed by atoms with van der Waals surface area (Å²) in [5.74, 6) is -1.30. The molecule has 2 heterocycles. The van der Waals surface area contributed by atoms with E-state index in [0.717, 1.165) is 0 Å². The number of thiophene rings is 1. The number of nitrogens with two attached hydrogens (primary N) is 1. The molecule has 0 saturated carbocycles. The van der Waals surface area contributed by atoms with Crippen LogP contribution in [0.5, 0.6) is 0 Å². The highest BCUT2D eigenvalue weighted by Gasteiger charge is 2.21. The number of nitrogens with zero attached hydrogens (tertiary/aromatic N) is 1. The SMILES string of the molecule is Nc1onc(-c2ccsc2)c1C(=O)O. The van der Waals surface area contributed by atoms with Crippen molar-refractivity contribution in [2.24, 2.45) is 0 Å². The molecule has 0 spiro atoms. The zero-order valence-electron chi connectivity index (χ0n) is 6.93. The zero-order chi connectivity index (χ0) is 10.1. The molecule has 14 heavy (non-hydrogen) atoms. The first-order chi connectivity index (χ1) is 6.70. The van der Waals surface area contributed by atoms with E-state index in [1.807, 2.05) is 5.38 Å². The molecule has 0 radical (unpaired) electrons. The first kappa shape index (κ1) is 8.76. The minimum absolute atomic E-state index is 0.0802. The first-order valence-electron chi connectivity index (χ1n) is 3.71. The lowest BCUT2D eigenvalue weighted by Gasteiger charge is -1.92. The van der Waals surface area contributed by atoms with Gasteiger partial charge in [0.2, 0.25) is 5.88 Å². The number of carboxylic acids is 1. The van der Waals surface area contributed by atoms with Gasteiger partial charge in [-0.25, -0.2) is 4.79 Å². The van der Waals surface area contributed by atoms with E-state index in [9.17, 15) is 4.79 Å². The predicted molar refractivity (Wildman–Crippen MR) is 51.2 cm³/mol. The lowest BCUT2D eigenvalue weighted by atomic mass is 10.1. The van der Waals surface area contributed by atoms with Crippen LogP contribution in [0.3, 0.4) is 0 Å². The number of carboxylic acid groups (broad SMARTS) is 1. The zero-order valence-corrected chi connectivity index (χ0v) is 7.75. The Morgan fingerprint density at radius 3 is 3.00 bits per heavy atom. The molecule has 0 unspecified atom stereocenters. The second-order valence-electron chi connectivity index (χ2n) is 2.59. The summed E-state index contributed by atoms with van der Waals surface area (Å²) < 4.78 is 4.63. The van der Waals surface area contributed by atoms with Gasteiger partial charge in [0.25, 0.3) is 0 Å². The topological polar surface area (TPSA) is 89.4 Å². The highest BCUT2D eigenvalue weighted by molar-refractivity contribution is 7.08. The number of nitrogen functional groups attached to an aromatic ring is 1. The smallest absolute Gasteiger partial charge is 0.343 e. The molecule has 6 heteroatoms. The van der Waals surface area contributed by atoms with Gasteiger partial charge < -0.3 is 15.4 Å². The fourth-order valence-corrected chi connectivity index (χ4v) is 1.75. The second kappa shape index (κ2) is 3.15. The van der Waals surface area contributed by atoms with Crippen molar-refractivity contribution in [3.05, 3.63) is 22.4 Å². The Balaban J connectivity index is 2.60. The predicted octanol–water partition coefficient (Wildman–Crippen LogP) is 1.68. The van der Waals surface area contributed by atoms with Crippen LogP contribution in [0.15, 0.2) is 21.3 Å². The van der Waals surface area contributed by atoms with Gasteiger partial charge in [-0.1, -0.05) is 5.16 Å². The largest absolute Gasteiger partial charge is 0.477 e. The summed E-state index contributed by atoms with van der Waals surface area (Å²) in [6, 6.07) is 1.76. The monoisotopic (exact) mass is 210 g/mol. The third-order valence-electron chi connectivity index (χ3n) is 1.73. The summed E-state index contributed by atoms with van der Waals surface area (Å²) in [5.41, 5.74) is 6.24. The molecule has 3 N–H and O–H groups in total. The number of hydrogen-bond donors (Lipinski definition) is 2. The van der Waals surface area contributed by atoms with Gasteiger partial charge in [0.05, 0.1) is 0 Å². The molecule has 2 rings (SSSR count). The van der Waals surface area contributed by atoms with E-state index in [-0.39, 0.29) is 17.1 Å². The fourth-order valence-electron chi connectivity index (χ4n) is 1.11. The molecule has 0 saturated heterocycles. The Morgan fingerprint density at radius 2 is 2.43 bits per heavy atom. The van der Waals surface area contributed by atoms with Crippen LogP contribution in [0.1, 0.15) is 10.4 Å². The lowest BCUT2D eigenvalue weighted by molar-refractivity contribution is 0.0698. The van der Waals surface area contributed by atoms with Crippen LogP contribution in [-0.4, -0.2) is 16.2 Å². The van der Waals surface area contributed by atoms with Crippen molar-refractivity contribution in [2.75, 3.05) is 5.73 Å². The quantitative estimate of drug-likeness (QED) is 0.787. The molecule has 5 nitrogen and oxygen atoms in total. The number of carbonyl (C=O) groups is 1. The Morgan fingerprint density at radius 1 is 1.64 bits per heavy atom. The maximum atomic E-state index is 10.8. The van der Waals surface area contributed by atoms with E-state index >= 15 is 0 Å². The molecule has 0 aromatic carbocycles. The summed E-state index contributed by atoms with van der Waals surface area (Å²) in [5, 5.41) is 16.1. The van der Waals surface area contributed by atoms with Crippen LogP contribution < -0.4 is 5.73 Å². The number of aromatic nitrogens is 1. The van der Waals surface area contributed by atoms with E-state index in [0.29, 0.717) is 5.56 Å². The molecule has 0 aliphatic carbocycles. The van der Waals surface area contributed by atoms with Gasteiger partial charge in [0.1, 0.15) is 5.69 Å². The van der Waals surface area contributed by atoms with Gasteiger partial charge >= 0.3 is 5.97 Å². The van der Waals surface area contributed by atoms with Gasteiger partial charge in [-0.05, 0) is 11.4 Å². The molecule has 0 amide bonds. The number of anilines is 1. The lowest BCUT2D eigenvalue weighted by Crippen LogP contribution is -2.00. The summed E-state index contributed by atoms with van der Waals surface area (Å²) in [4.78, 5) is 10.8. The van der Waals surface area contributed by atoms with Crippen LogP contribution >= 0.6 is 11.3 Å². The third-order valence-corrected chi connectivity index (χ3v) is 2.41. The maximum absolute atomic E-state index is 10.8. The Labute approximate surface area is 82.8 Å². The average Bonchev–Trinajstić information content (AvgIpc) is 2.70. The van der Waals surface area contributed by atoms with Crippen LogP contribution in [0, 0.1) is 0 Å². The molecule has 0 bridgehead atoms. The first-order valence-corrected chi connectivity index (χ1v) is 4.65. The Kier molecular flexibility index (Phi) is 1.97. The van der Waals surface area contributed by atoms with Gasteiger partial charge in [-0.2, -0.15) is 11.3 Å². The van der Waals surface area contributed by atoms with E-state index in [2.05, 4.69) is 9.68 Å². The van der Waals surface area contributed by atoms with E-state index in [4.69, 9.17) is 10.8 Å². The molecule has 0 atom stereocenters. The van der Waals surface area contributed by atoms with E-state index < -0.39 is 5.97 Å². The van der Waals surface area contributed by atoms with Gasteiger partial charge in [-0.3, -0.25) is 0 Å². The van der Waals surface area contributed by atoms with Gasteiger partial charge in [0.15, 0.2) is 5.56 Å². The Bertz CT molecular complexity index is 461. The van der Waals surface area contributed by atoms with Gasteiger partial charge in [0, 0.05) is 10.9 Å². The molecule has 0 fully saturated rings. The van der Waals surface area contributed by atoms with Crippen molar-refractivity contribution in [3.8, 4) is 11.3 Å². The maximum Gasteiger partial charge on any atom is 0.343 e. The van der Waals surface area contributed by atoms with Crippen molar-refractivity contribution in [2.45, 2.75) is 0 Å². The average molecular weight is 210 g/mol. The van der Waals surface area contributed by atoms with E-state index in [1.54, 1.807) is 11.4 Å². The number of rotatable bonds is 2. The van der Waals surface area contributed by atoms with Crippen molar-refractivity contribution < 1.29 is 14.4 Å². The normalized spacial score (nSPS) is 10.3. The minimum atomic E-state index is -1.13. The highest BCUT2D eigenvalue weighted by Crippen LogP contribution is 2.28. The molecule has 72 valence electrons. The third kappa shape index (κ3) is 1.25. The van der Waals surface area contributed by atoms with Crippen molar-refractivity contribution in [1.82, 2.24) is 5.16 Å². The standard InChI is InChI=1S/C8H6N2O3S/c9-7-5(8(11)12)6(10-13-7)4-1-2-14-3-4/h1-3H,9H2,(H,11,12). The summed E-state index contributed by atoms with van der Waals surface area (Å²) in [7, 11) is 0. The van der Waals surface area contributed by atoms with Crippen LogP contribution in [0.2, 0.25) is 0 Å². The molecule has 2 aromatic heterocycles.